The smallest absolute Gasteiger partial charge is 0.225 e. The van der Waals surface area contributed by atoms with Crippen molar-refractivity contribution in [2.24, 2.45) is 5.73 Å². The van der Waals surface area contributed by atoms with Crippen molar-refractivity contribution in [3.05, 3.63) is 65.7 Å². The number of hydrogen-bond donors (Lipinski definition) is 4. The molecule has 0 bridgehead atoms. The molecule has 0 saturated heterocycles. The van der Waals surface area contributed by atoms with Gasteiger partial charge in [-0.05, 0) is 35.2 Å². The topological polar surface area (TPSA) is 266 Å². The van der Waals surface area contributed by atoms with Crippen LogP contribution in [0.15, 0.2) is 49.1 Å². The quantitative estimate of drug-likeness (QED) is 0.0412. The normalized spacial score (nSPS) is 12.6. The minimum absolute atomic E-state index is 0.0669. The molecule has 22 heteroatoms. The molecule has 22 nitrogen and oxygen atoms in total. The van der Waals surface area contributed by atoms with Crippen LogP contribution >= 0.6 is 0 Å². The number of rotatable bonds is 38. The number of aromatic nitrogens is 6. The van der Waals surface area contributed by atoms with Gasteiger partial charge in [0.05, 0.1) is 150 Å². The van der Waals surface area contributed by atoms with Crippen LogP contribution in [0, 0.1) is 0 Å². The van der Waals surface area contributed by atoms with E-state index in [-0.39, 0.29) is 18.2 Å². The van der Waals surface area contributed by atoms with E-state index in [0.717, 1.165) is 34.1 Å². The van der Waals surface area contributed by atoms with Gasteiger partial charge in [-0.15, -0.1) is 0 Å². The monoisotopic (exact) mass is 979 g/mol. The van der Waals surface area contributed by atoms with Gasteiger partial charge in [-0.1, -0.05) is 18.2 Å². The maximum absolute atomic E-state index is 13.0. The third-order valence-corrected chi connectivity index (χ3v) is 10.9. The summed E-state index contributed by atoms with van der Waals surface area (Å²) in [6, 6.07) is 10.4. The lowest BCUT2D eigenvalue weighted by atomic mass is 9.97. The lowest BCUT2D eigenvalue weighted by Crippen LogP contribution is -2.36. The number of amides is 2. The molecule has 384 valence electrons. The Balaban J connectivity index is 0.695. The van der Waals surface area contributed by atoms with Gasteiger partial charge in [0.2, 0.25) is 11.8 Å². The fraction of sp³-hybridized carbons (Fsp3) is 0.583. The van der Waals surface area contributed by atoms with E-state index in [1.54, 1.807) is 6.20 Å². The molecule has 2 amide bonds. The molecule has 1 aliphatic heterocycles. The van der Waals surface area contributed by atoms with E-state index in [1.165, 1.54) is 11.9 Å². The Hall–Kier alpha value is -5.24. The molecule has 0 fully saturated rings. The van der Waals surface area contributed by atoms with Crippen LogP contribution in [0.2, 0.25) is 0 Å². The van der Waals surface area contributed by atoms with Gasteiger partial charge in [0.25, 0.3) is 0 Å². The number of aromatic amines is 1. The maximum atomic E-state index is 13.0. The number of benzene rings is 1. The average molecular weight is 979 g/mol. The molecule has 1 aromatic carbocycles. The lowest BCUT2D eigenvalue weighted by Gasteiger charge is -2.29. The summed E-state index contributed by atoms with van der Waals surface area (Å²) in [6.45, 7) is 11.4. The Bertz CT molecular complexity index is 2280. The first-order chi connectivity index (χ1) is 34.5. The van der Waals surface area contributed by atoms with E-state index >= 15 is 0 Å². The van der Waals surface area contributed by atoms with Crippen LogP contribution < -0.4 is 16.8 Å². The van der Waals surface area contributed by atoms with Crippen molar-refractivity contribution >= 4 is 39.7 Å². The number of pyridine rings is 1. The van der Waals surface area contributed by atoms with E-state index in [0.29, 0.717) is 194 Å². The van der Waals surface area contributed by atoms with Crippen LogP contribution in [-0.4, -0.2) is 198 Å². The highest BCUT2D eigenvalue weighted by Gasteiger charge is 2.22. The first-order valence-corrected chi connectivity index (χ1v) is 24.0. The Morgan fingerprint density at radius 1 is 0.657 bits per heavy atom. The molecule has 1 aliphatic rings. The summed E-state index contributed by atoms with van der Waals surface area (Å²) in [5.74, 6) is 0.333. The number of carbonyl (C=O) groups excluding carboxylic acids is 2. The lowest BCUT2D eigenvalue weighted by molar-refractivity contribution is -0.133. The third kappa shape index (κ3) is 18.8. The summed E-state index contributed by atoms with van der Waals surface area (Å²) in [5.41, 5.74) is 18.1. The number of carbonyl (C=O) groups is 2. The number of H-pyrrole nitrogens is 1. The predicted octanol–water partition coefficient (Wildman–Crippen LogP) is 1.91. The van der Waals surface area contributed by atoms with Crippen molar-refractivity contribution in [3.8, 4) is 11.3 Å². The summed E-state index contributed by atoms with van der Waals surface area (Å²) < 4.78 is 56.6. The Labute approximate surface area is 408 Å². The largest absolute Gasteiger partial charge is 0.383 e. The van der Waals surface area contributed by atoms with E-state index in [9.17, 15) is 9.59 Å². The summed E-state index contributed by atoms with van der Waals surface area (Å²) >= 11 is 0. The Kier molecular flexibility index (Phi) is 24.6. The number of nitrogens with two attached hydrogens (primary N) is 2. The van der Waals surface area contributed by atoms with Gasteiger partial charge in [0.1, 0.15) is 23.5 Å². The van der Waals surface area contributed by atoms with Crippen LogP contribution in [0.3, 0.4) is 0 Å². The van der Waals surface area contributed by atoms with Crippen LogP contribution in [0.1, 0.15) is 29.5 Å². The highest BCUT2D eigenvalue weighted by Crippen LogP contribution is 2.32. The number of nitrogens with one attached hydrogen (secondary N) is 2. The standard InChI is InChI=1S/C48H70N10O12/c49-7-13-63-17-21-67-25-29-69-27-23-65-19-15-61-11-5-42(59)51-9-14-64-18-22-68-26-30-70-28-24-66-20-16-62-12-6-43(60)57-10-4-38-31-37(1-2-40(38)35-57)34-58-48-44(46(50)54-36-55-48)45(56-58)41-32-39-3-8-52-47(39)53-33-41/h1-3,8,31-33,36H,4-7,9-30,34-35,49H2,(H,51,59)(H,52,53)(H2,50,54,55). The molecule has 0 spiro atoms. The molecule has 70 heavy (non-hydrogen) atoms. The van der Waals surface area contributed by atoms with Gasteiger partial charge in [0.15, 0.2) is 5.65 Å². The van der Waals surface area contributed by atoms with Gasteiger partial charge >= 0.3 is 0 Å². The molecule has 5 heterocycles. The summed E-state index contributed by atoms with van der Waals surface area (Å²) in [7, 11) is 0. The zero-order valence-corrected chi connectivity index (χ0v) is 40.2. The Morgan fingerprint density at radius 2 is 1.24 bits per heavy atom. The molecule has 0 aliphatic carbocycles. The number of nitrogen functional groups attached to an aromatic ring is 1. The van der Waals surface area contributed by atoms with E-state index in [1.807, 2.05) is 27.9 Å². The molecule has 4 aromatic heterocycles. The molecule has 0 unspecified atom stereocenters. The van der Waals surface area contributed by atoms with Crippen LogP contribution in [0.5, 0.6) is 0 Å². The van der Waals surface area contributed by atoms with Gasteiger partial charge < -0.3 is 74.0 Å². The third-order valence-electron chi connectivity index (χ3n) is 10.9. The number of anilines is 1. The fourth-order valence-corrected chi connectivity index (χ4v) is 7.38. The van der Waals surface area contributed by atoms with Crippen molar-refractivity contribution < 1.29 is 57.0 Å². The minimum atomic E-state index is -0.0999. The fourth-order valence-electron chi connectivity index (χ4n) is 7.38. The first-order valence-electron chi connectivity index (χ1n) is 24.0. The van der Waals surface area contributed by atoms with E-state index in [4.69, 9.17) is 63.9 Å². The van der Waals surface area contributed by atoms with Crippen molar-refractivity contribution in [2.45, 2.75) is 32.4 Å². The van der Waals surface area contributed by atoms with Crippen molar-refractivity contribution in [1.29, 1.82) is 0 Å². The molecule has 0 radical (unpaired) electrons. The van der Waals surface area contributed by atoms with Crippen molar-refractivity contribution in [1.82, 2.24) is 39.9 Å². The predicted molar refractivity (Wildman–Crippen MR) is 259 cm³/mol. The number of fused-ring (bicyclic) bond motifs is 3. The second-order valence-electron chi connectivity index (χ2n) is 16.0. The van der Waals surface area contributed by atoms with Gasteiger partial charge in [-0.2, -0.15) is 5.10 Å². The zero-order chi connectivity index (χ0) is 48.9. The van der Waals surface area contributed by atoms with Gasteiger partial charge in [-0.3, -0.25) is 9.59 Å². The molecule has 0 atom stereocenters. The number of ether oxygens (including phenoxy) is 10. The van der Waals surface area contributed by atoms with Gasteiger partial charge in [0, 0.05) is 55.9 Å². The second-order valence-corrected chi connectivity index (χ2v) is 16.0. The summed E-state index contributed by atoms with van der Waals surface area (Å²) in [5, 5.41) is 9.42. The molecule has 5 aromatic rings. The zero-order valence-electron chi connectivity index (χ0n) is 40.2. The average Bonchev–Trinajstić information content (AvgIpc) is 4.00. The Morgan fingerprint density at radius 3 is 1.87 bits per heavy atom. The van der Waals surface area contributed by atoms with Crippen LogP contribution in [0.4, 0.5) is 5.82 Å². The minimum Gasteiger partial charge on any atom is -0.383 e. The molecular weight excluding hydrogens is 909 g/mol. The second kappa shape index (κ2) is 31.9. The number of nitrogens with zero attached hydrogens (tertiary/aromatic N) is 6. The first kappa shape index (κ1) is 54.1. The highest BCUT2D eigenvalue weighted by molar-refractivity contribution is 5.99. The van der Waals surface area contributed by atoms with Crippen molar-refractivity contribution in [2.75, 3.05) is 158 Å². The maximum Gasteiger partial charge on any atom is 0.225 e. The number of hydrogen-bond acceptors (Lipinski definition) is 18. The molecular formula is C48H70N10O12. The molecule has 6 N–H and O–H groups in total. The van der Waals surface area contributed by atoms with E-state index < -0.39 is 0 Å². The SMILES string of the molecule is NCCOCCOCCOCCOCCOCCC(=O)NCCOCCOCCOCCOCCOCCC(=O)N1CCc2cc(Cn3nc(-c4cnc5[nH]ccc5c4)c4c(N)ncnc43)ccc2C1. The highest BCUT2D eigenvalue weighted by atomic mass is 16.6. The van der Waals surface area contributed by atoms with E-state index in [2.05, 4.69) is 43.5 Å². The molecule has 6 rings (SSSR count). The summed E-state index contributed by atoms with van der Waals surface area (Å²) in [6.07, 6.45) is 6.43. The van der Waals surface area contributed by atoms with Crippen LogP contribution in [-0.2, 0) is 76.5 Å². The van der Waals surface area contributed by atoms with Gasteiger partial charge in [-0.25, -0.2) is 19.6 Å². The summed E-state index contributed by atoms with van der Waals surface area (Å²) in [4.78, 5) is 43.3. The van der Waals surface area contributed by atoms with Crippen molar-refractivity contribution in [3.63, 3.8) is 0 Å². The molecule has 0 saturated carbocycles. The van der Waals surface area contributed by atoms with Crippen LogP contribution in [0.25, 0.3) is 33.3 Å².